The average Bonchev–Trinajstić information content (AvgIpc) is 2.30. The second-order valence-corrected chi connectivity index (χ2v) is 3.77. The monoisotopic (exact) mass is 240 g/mol. The third-order valence-corrected chi connectivity index (χ3v) is 2.21. The van der Waals surface area contributed by atoms with Crippen LogP contribution in [0.3, 0.4) is 0 Å². The van der Waals surface area contributed by atoms with Gasteiger partial charge in [-0.2, -0.15) is 0 Å². The molecule has 0 bridgehead atoms. The first kappa shape index (κ1) is 13.4. The Labute approximate surface area is 100.0 Å². The molecule has 0 heterocycles. The van der Waals surface area contributed by atoms with E-state index < -0.39 is 5.82 Å². The Morgan fingerprint density at radius 2 is 2.29 bits per heavy atom. The number of ether oxygens (including phenoxy) is 1. The van der Waals surface area contributed by atoms with Crippen LogP contribution in [0, 0.1) is 5.82 Å². The smallest absolute Gasteiger partial charge is 0.251 e. The number of halogens is 1. The topological polar surface area (TPSA) is 64.3 Å². The molecule has 0 aliphatic rings. The number of nitrogens with two attached hydrogens (primary N) is 1. The molecule has 1 aromatic carbocycles. The molecule has 1 atom stereocenters. The van der Waals surface area contributed by atoms with Crippen LogP contribution in [0.5, 0.6) is 0 Å². The van der Waals surface area contributed by atoms with Crippen molar-refractivity contribution >= 4 is 11.6 Å². The van der Waals surface area contributed by atoms with Gasteiger partial charge in [-0.15, -0.1) is 0 Å². The molecule has 0 spiro atoms. The van der Waals surface area contributed by atoms with Crippen LogP contribution in [0.4, 0.5) is 10.1 Å². The van der Waals surface area contributed by atoms with Crippen LogP contribution in [0.25, 0.3) is 0 Å². The summed E-state index contributed by atoms with van der Waals surface area (Å²) in [5.41, 5.74) is 5.61. The summed E-state index contributed by atoms with van der Waals surface area (Å²) in [6.07, 6.45) is 0. The molecule has 1 unspecified atom stereocenters. The van der Waals surface area contributed by atoms with Crippen molar-refractivity contribution in [1.82, 2.24) is 5.32 Å². The van der Waals surface area contributed by atoms with Crippen LogP contribution in [0.1, 0.15) is 24.2 Å². The molecule has 1 rings (SSSR count). The average molecular weight is 240 g/mol. The molecule has 0 radical (unpaired) electrons. The van der Waals surface area contributed by atoms with Gasteiger partial charge in [0.1, 0.15) is 5.82 Å². The lowest BCUT2D eigenvalue weighted by Gasteiger charge is -2.13. The largest absolute Gasteiger partial charge is 0.396 e. The second-order valence-electron chi connectivity index (χ2n) is 3.77. The highest BCUT2D eigenvalue weighted by Crippen LogP contribution is 2.11. The fourth-order valence-corrected chi connectivity index (χ4v) is 1.31. The number of nitrogens with one attached hydrogen (secondary N) is 1. The van der Waals surface area contributed by atoms with Crippen molar-refractivity contribution in [3.05, 3.63) is 29.6 Å². The molecule has 5 heteroatoms. The molecule has 0 aliphatic heterocycles. The van der Waals surface area contributed by atoms with Crippen LogP contribution in [0.2, 0.25) is 0 Å². The van der Waals surface area contributed by atoms with E-state index in [1.54, 1.807) is 0 Å². The number of amides is 1. The highest BCUT2D eigenvalue weighted by molar-refractivity contribution is 5.94. The van der Waals surface area contributed by atoms with E-state index in [-0.39, 0.29) is 23.2 Å². The number of nitrogen functional groups attached to an aromatic ring is 1. The zero-order chi connectivity index (χ0) is 12.8. The lowest BCUT2D eigenvalue weighted by Crippen LogP contribution is -2.35. The van der Waals surface area contributed by atoms with E-state index in [2.05, 4.69) is 5.32 Å². The summed E-state index contributed by atoms with van der Waals surface area (Å²) in [5, 5.41) is 2.71. The Morgan fingerprint density at radius 3 is 2.88 bits per heavy atom. The fourth-order valence-electron chi connectivity index (χ4n) is 1.31. The van der Waals surface area contributed by atoms with Crippen LogP contribution >= 0.6 is 0 Å². The quantitative estimate of drug-likeness (QED) is 0.768. The highest BCUT2D eigenvalue weighted by Gasteiger charge is 2.11. The third-order valence-electron chi connectivity index (χ3n) is 2.21. The maximum absolute atomic E-state index is 13.1. The van der Waals surface area contributed by atoms with Gasteiger partial charge in [-0.3, -0.25) is 4.79 Å². The van der Waals surface area contributed by atoms with Crippen LogP contribution in [-0.4, -0.2) is 25.2 Å². The highest BCUT2D eigenvalue weighted by atomic mass is 19.1. The Bertz CT molecular complexity index is 396. The summed E-state index contributed by atoms with van der Waals surface area (Å²) >= 11 is 0. The van der Waals surface area contributed by atoms with E-state index in [4.69, 9.17) is 10.5 Å². The molecule has 0 saturated heterocycles. The second kappa shape index (κ2) is 6.20. The Balaban J connectivity index is 2.60. The van der Waals surface area contributed by atoms with Gasteiger partial charge in [0.05, 0.1) is 12.3 Å². The normalized spacial score (nSPS) is 12.2. The van der Waals surface area contributed by atoms with Crippen molar-refractivity contribution in [2.45, 2.75) is 19.9 Å². The van der Waals surface area contributed by atoms with Crippen molar-refractivity contribution in [3.8, 4) is 0 Å². The van der Waals surface area contributed by atoms with E-state index in [9.17, 15) is 9.18 Å². The molecule has 0 saturated carbocycles. The maximum atomic E-state index is 13.1. The number of hydrogen-bond donors (Lipinski definition) is 2. The minimum Gasteiger partial charge on any atom is -0.396 e. The number of hydrogen-bond acceptors (Lipinski definition) is 3. The SMILES string of the molecule is CCOCC(C)NC(=O)c1ccc(N)c(F)c1. The predicted octanol–water partition coefficient (Wildman–Crippen LogP) is 1.56. The van der Waals surface area contributed by atoms with Gasteiger partial charge < -0.3 is 15.8 Å². The molecular weight excluding hydrogens is 223 g/mol. The van der Waals surface area contributed by atoms with Crippen LogP contribution in [0.15, 0.2) is 18.2 Å². The lowest BCUT2D eigenvalue weighted by atomic mass is 10.2. The summed E-state index contributed by atoms with van der Waals surface area (Å²) in [6, 6.07) is 3.86. The number of carbonyl (C=O) groups is 1. The number of anilines is 1. The van der Waals surface area contributed by atoms with Crippen molar-refractivity contribution in [2.75, 3.05) is 18.9 Å². The van der Waals surface area contributed by atoms with Gasteiger partial charge in [0.25, 0.3) is 5.91 Å². The summed E-state index contributed by atoms with van der Waals surface area (Å²) in [5.74, 6) is -0.925. The molecule has 17 heavy (non-hydrogen) atoms. The summed E-state index contributed by atoms with van der Waals surface area (Å²) in [6.45, 7) is 4.72. The summed E-state index contributed by atoms with van der Waals surface area (Å²) in [4.78, 5) is 11.7. The van der Waals surface area contributed by atoms with Crippen molar-refractivity contribution in [1.29, 1.82) is 0 Å². The lowest BCUT2D eigenvalue weighted by molar-refractivity contribution is 0.0871. The molecule has 1 aromatic rings. The van der Waals surface area contributed by atoms with E-state index in [0.29, 0.717) is 13.2 Å². The number of benzene rings is 1. The van der Waals surface area contributed by atoms with E-state index in [1.165, 1.54) is 12.1 Å². The molecule has 1 amide bonds. The first-order chi connectivity index (χ1) is 8.04. The van der Waals surface area contributed by atoms with Crippen molar-refractivity contribution in [2.24, 2.45) is 0 Å². The first-order valence-corrected chi connectivity index (χ1v) is 5.48. The van der Waals surface area contributed by atoms with Crippen LogP contribution in [-0.2, 0) is 4.74 Å². The van der Waals surface area contributed by atoms with Gasteiger partial charge >= 0.3 is 0 Å². The number of rotatable bonds is 5. The van der Waals surface area contributed by atoms with E-state index >= 15 is 0 Å². The molecule has 0 aromatic heterocycles. The predicted molar refractivity (Wildman–Crippen MR) is 64.2 cm³/mol. The molecule has 0 fully saturated rings. The molecule has 3 N–H and O–H groups in total. The molecule has 94 valence electrons. The van der Waals surface area contributed by atoms with E-state index in [1.807, 2.05) is 13.8 Å². The summed E-state index contributed by atoms with van der Waals surface area (Å²) < 4.78 is 18.3. The standard InChI is InChI=1S/C12H17FN2O2/c1-3-17-7-8(2)15-12(16)9-4-5-11(14)10(13)6-9/h4-6,8H,3,7,14H2,1-2H3,(H,15,16). The Kier molecular flexibility index (Phi) is 4.90. The minimum absolute atomic E-state index is 0.0314. The third kappa shape index (κ3) is 4.03. The van der Waals surface area contributed by atoms with Gasteiger partial charge in [-0.25, -0.2) is 4.39 Å². The van der Waals surface area contributed by atoms with Crippen LogP contribution < -0.4 is 11.1 Å². The van der Waals surface area contributed by atoms with Crippen molar-refractivity contribution < 1.29 is 13.9 Å². The first-order valence-electron chi connectivity index (χ1n) is 5.48. The van der Waals surface area contributed by atoms with Gasteiger partial charge in [0.15, 0.2) is 0 Å². The van der Waals surface area contributed by atoms with Gasteiger partial charge in [-0.1, -0.05) is 0 Å². The maximum Gasteiger partial charge on any atom is 0.251 e. The zero-order valence-corrected chi connectivity index (χ0v) is 10.00. The molecule has 0 aliphatic carbocycles. The fraction of sp³-hybridized carbons (Fsp3) is 0.417. The van der Waals surface area contributed by atoms with Crippen molar-refractivity contribution in [3.63, 3.8) is 0 Å². The number of carbonyl (C=O) groups excluding carboxylic acids is 1. The molecule has 4 nitrogen and oxygen atoms in total. The Hall–Kier alpha value is -1.62. The molecular formula is C12H17FN2O2. The van der Waals surface area contributed by atoms with Gasteiger partial charge in [-0.05, 0) is 32.0 Å². The van der Waals surface area contributed by atoms with Gasteiger partial charge in [0, 0.05) is 18.2 Å². The van der Waals surface area contributed by atoms with E-state index in [0.717, 1.165) is 6.07 Å². The summed E-state index contributed by atoms with van der Waals surface area (Å²) in [7, 11) is 0. The Morgan fingerprint density at radius 1 is 1.59 bits per heavy atom. The van der Waals surface area contributed by atoms with Gasteiger partial charge in [0.2, 0.25) is 0 Å². The zero-order valence-electron chi connectivity index (χ0n) is 10.00. The minimum atomic E-state index is -0.588.